The number of aliphatic hydroxyl groups excluding tert-OH is 1. The molecule has 1 atom stereocenters. The molecule has 3 rings (SSSR count). The Morgan fingerprint density at radius 2 is 1.86 bits per heavy atom. The number of likely N-dealkylation sites (tertiary alicyclic amines) is 1. The van der Waals surface area contributed by atoms with Crippen LogP contribution in [-0.4, -0.2) is 71.2 Å². The fraction of sp³-hybridized carbons (Fsp3) is 0.556. The van der Waals surface area contributed by atoms with Crippen LogP contribution in [0.25, 0.3) is 0 Å². The van der Waals surface area contributed by atoms with E-state index in [0.29, 0.717) is 0 Å². The van der Waals surface area contributed by atoms with E-state index in [1.165, 1.54) is 17.0 Å². The topological polar surface area (TPSA) is 79.3 Å². The highest BCUT2D eigenvalue weighted by Gasteiger charge is 2.48. The molecule has 7 nitrogen and oxygen atoms in total. The molecule has 1 N–H and O–H groups in total. The number of carbonyl (C=O) groups excluding carboxylic acids is 2. The van der Waals surface area contributed by atoms with Crippen LogP contribution in [0.2, 0.25) is 0 Å². The predicted molar refractivity (Wildman–Crippen MR) is 90.2 cm³/mol. The van der Waals surface area contributed by atoms with Crippen LogP contribution in [0.3, 0.4) is 0 Å². The molecule has 11 heteroatoms. The van der Waals surface area contributed by atoms with Gasteiger partial charge in [0.1, 0.15) is 11.4 Å². The summed E-state index contributed by atoms with van der Waals surface area (Å²) in [5.41, 5.74) is -0.113. The molecule has 0 radical (unpaired) electrons. The maximum atomic E-state index is 13.0. The van der Waals surface area contributed by atoms with Crippen molar-refractivity contribution in [2.75, 3.05) is 26.2 Å². The van der Waals surface area contributed by atoms with Crippen LogP contribution in [0, 0.1) is 5.82 Å². The Kier molecular flexibility index (Phi) is 5.87. The minimum atomic E-state index is -4.86. The summed E-state index contributed by atoms with van der Waals surface area (Å²) in [5, 5.41) is 8.77. The standard InChI is InChI=1S/C18H20F4N2O5/c19-13-3-1-12(2-4-13)9-24-11-17(29-16(24)27)5-7-23(8-6-17)15(26)28-14(10-25)18(20,21)22/h1-4,14,25H,5-11H2. The number of piperidine rings is 1. The summed E-state index contributed by atoms with van der Waals surface area (Å²) in [6.45, 7) is -0.772. The normalized spacial score (nSPS) is 20.0. The Bertz CT molecular complexity index is 748. The number of ether oxygens (including phenoxy) is 2. The second-order valence-electron chi connectivity index (χ2n) is 7.12. The van der Waals surface area contributed by atoms with E-state index >= 15 is 0 Å². The monoisotopic (exact) mass is 420 g/mol. The number of nitrogens with zero attached hydrogens (tertiary/aromatic N) is 2. The molecule has 1 spiro atoms. The van der Waals surface area contributed by atoms with Crippen LogP contribution < -0.4 is 0 Å². The fourth-order valence-corrected chi connectivity index (χ4v) is 3.39. The first-order valence-corrected chi connectivity index (χ1v) is 8.97. The highest BCUT2D eigenvalue weighted by Crippen LogP contribution is 2.34. The number of rotatable bonds is 4. The third kappa shape index (κ3) is 4.89. The van der Waals surface area contributed by atoms with E-state index < -0.39 is 36.7 Å². The summed E-state index contributed by atoms with van der Waals surface area (Å²) < 4.78 is 60.8. The Morgan fingerprint density at radius 1 is 1.24 bits per heavy atom. The average molecular weight is 420 g/mol. The second-order valence-corrected chi connectivity index (χ2v) is 7.12. The first-order valence-electron chi connectivity index (χ1n) is 8.97. The molecule has 2 aliphatic rings. The van der Waals surface area contributed by atoms with Gasteiger partial charge in [0.25, 0.3) is 0 Å². The van der Waals surface area contributed by atoms with Crippen LogP contribution in [0.5, 0.6) is 0 Å². The van der Waals surface area contributed by atoms with Gasteiger partial charge >= 0.3 is 18.4 Å². The summed E-state index contributed by atoms with van der Waals surface area (Å²) in [4.78, 5) is 26.7. The van der Waals surface area contributed by atoms with Gasteiger partial charge in [-0.3, -0.25) is 4.90 Å². The molecule has 2 fully saturated rings. The number of hydrogen-bond acceptors (Lipinski definition) is 5. The third-order valence-electron chi connectivity index (χ3n) is 5.03. The van der Waals surface area contributed by atoms with Crippen LogP contribution >= 0.6 is 0 Å². The van der Waals surface area contributed by atoms with E-state index in [0.717, 1.165) is 10.5 Å². The molecule has 0 aliphatic carbocycles. The van der Waals surface area contributed by atoms with E-state index in [9.17, 15) is 27.2 Å². The molecule has 0 saturated carbocycles. The maximum Gasteiger partial charge on any atom is 0.427 e. The minimum absolute atomic E-state index is 0.0481. The van der Waals surface area contributed by atoms with Crippen molar-refractivity contribution in [1.29, 1.82) is 0 Å². The molecule has 0 bridgehead atoms. The molecule has 0 aromatic heterocycles. The lowest BCUT2D eigenvalue weighted by Crippen LogP contribution is -2.50. The second kappa shape index (κ2) is 8.05. The van der Waals surface area contributed by atoms with Gasteiger partial charge in [-0.2, -0.15) is 13.2 Å². The van der Waals surface area contributed by atoms with E-state index in [2.05, 4.69) is 4.74 Å². The van der Waals surface area contributed by atoms with Crippen molar-refractivity contribution in [1.82, 2.24) is 9.80 Å². The molecule has 1 aromatic rings. The van der Waals surface area contributed by atoms with Crippen molar-refractivity contribution in [2.24, 2.45) is 0 Å². The van der Waals surface area contributed by atoms with Crippen LogP contribution in [-0.2, 0) is 16.0 Å². The van der Waals surface area contributed by atoms with Gasteiger partial charge in [0, 0.05) is 32.5 Å². The van der Waals surface area contributed by atoms with Gasteiger partial charge in [0.2, 0.25) is 6.10 Å². The van der Waals surface area contributed by atoms with Crippen LogP contribution in [0.15, 0.2) is 24.3 Å². The lowest BCUT2D eigenvalue weighted by Gasteiger charge is -2.37. The van der Waals surface area contributed by atoms with Gasteiger partial charge in [-0.05, 0) is 17.7 Å². The number of hydrogen-bond donors (Lipinski definition) is 1. The number of halogens is 4. The number of carbonyl (C=O) groups is 2. The lowest BCUT2D eigenvalue weighted by atomic mass is 9.91. The van der Waals surface area contributed by atoms with Crippen LogP contribution in [0.4, 0.5) is 27.2 Å². The zero-order valence-electron chi connectivity index (χ0n) is 15.3. The molecule has 29 heavy (non-hydrogen) atoms. The molecular weight excluding hydrogens is 400 g/mol. The predicted octanol–water partition coefficient (Wildman–Crippen LogP) is 2.67. The summed E-state index contributed by atoms with van der Waals surface area (Å²) in [7, 11) is 0. The third-order valence-corrected chi connectivity index (χ3v) is 5.03. The Labute approximate surface area is 163 Å². The Balaban J connectivity index is 1.55. The van der Waals surface area contributed by atoms with Gasteiger partial charge in [-0.25, -0.2) is 14.0 Å². The van der Waals surface area contributed by atoms with Crippen molar-refractivity contribution in [3.05, 3.63) is 35.6 Å². The molecule has 160 valence electrons. The highest BCUT2D eigenvalue weighted by atomic mass is 19.4. The number of benzene rings is 1. The largest absolute Gasteiger partial charge is 0.441 e. The lowest BCUT2D eigenvalue weighted by molar-refractivity contribution is -0.215. The first kappa shape index (κ1) is 21.2. The number of alkyl halides is 3. The van der Waals surface area contributed by atoms with Crippen molar-refractivity contribution in [3.63, 3.8) is 0 Å². The molecule has 1 aromatic carbocycles. The van der Waals surface area contributed by atoms with E-state index in [4.69, 9.17) is 9.84 Å². The first-order chi connectivity index (χ1) is 13.6. The molecule has 2 aliphatic heterocycles. The molecule has 2 saturated heterocycles. The zero-order chi connectivity index (χ0) is 21.2. The van der Waals surface area contributed by atoms with Crippen LogP contribution in [0.1, 0.15) is 18.4 Å². The Hall–Kier alpha value is -2.56. The maximum absolute atomic E-state index is 13.0. The van der Waals surface area contributed by atoms with Crippen molar-refractivity contribution in [2.45, 2.75) is 37.3 Å². The SMILES string of the molecule is O=C(OC(CO)C(F)(F)F)N1CCC2(CC1)CN(Cc1ccc(F)cc1)C(=O)O2. The quantitative estimate of drug-likeness (QED) is 0.758. The van der Waals surface area contributed by atoms with Crippen molar-refractivity contribution >= 4 is 12.2 Å². The zero-order valence-corrected chi connectivity index (χ0v) is 15.3. The minimum Gasteiger partial charge on any atom is -0.441 e. The van der Waals surface area contributed by atoms with Gasteiger partial charge < -0.3 is 19.5 Å². The van der Waals surface area contributed by atoms with Crippen molar-refractivity contribution in [3.8, 4) is 0 Å². The number of amides is 2. The summed E-state index contributed by atoms with van der Waals surface area (Å²) in [6.07, 6.45) is -8.68. The molecular formula is C18H20F4N2O5. The fourth-order valence-electron chi connectivity index (χ4n) is 3.39. The number of aliphatic hydroxyl groups is 1. The molecule has 1 unspecified atom stereocenters. The molecule has 2 heterocycles. The van der Waals surface area contributed by atoms with Gasteiger partial charge in [0.15, 0.2) is 0 Å². The van der Waals surface area contributed by atoms with Gasteiger partial charge in [0.05, 0.1) is 13.2 Å². The molecule has 2 amide bonds. The Morgan fingerprint density at radius 3 is 2.41 bits per heavy atom. The average Bonchev–Trinajstić information content (AvgIpc) is 2.95. The summed E-state index contributed by atoms with van der Waals surface area (Å²) in [5.74, 6) is -0.387. The summed E-state index contributed by atoms with van der Waals surface area (Å²) >= 11 is 0. The van der Waals surface area contributed by atoms with E-state index in [1.54, 1.807) is 12.1 Å². The van der Waals surface area contributed by atoms with Gasteiger partial charge in [-0.1, -0.05) is 12.1 Å². The van der Waals surface area contributed by atoms with E-state index in [1.807, 2.05) is 0 Å². The van der Waals surface area contributed by atoms with E-state index in [-0.39, 0.29) is 44.8 Å². The summed E-state index contributed by atoms with van der Waals surface area (Å²) in [6, 6.07) is 5.70. The highest BCUT2D eigenvalue weighted by molar-refractivity contribution is 5.71. The van der Waals surface area contributed by atoms with Crippen molar-refractivity contribution < 1.29 is 41.7 Å². The smallest absolute Gasteiger partial charge is 0.427 e. The van der Waals surface area contributed by atoms with Gasteiger partial charge in [-0.15, -0.1) is 0 Å².